The number of rotatable bonds is 6. The van der Waals surface area contributed by atoms with Gasteiger partial charge in [0.25, 0.3) is 0 Å². The van der Waals surface area contributed by atoms with Crippen LogP contribution in [0.1, 0.15) is 38.5 Å². The largest absolute Gasteiger partial charge is 0.375 e. The summed E-state index contributed by atoms with van der Waals surface area (Å²) in [5.74, 6) is 0.853. The molecule has 1 aromatic carbocycles. The molecule has 122 valence electrons. The molecule has 0 aromatic heterocycles. The Balaban J connectivity index is 1.33. The van der Waals surface area contributed by atoms with Gasteiger partial charge in [0.2, 0.25) is 0 Å². The van der Waals surface area contributed by atoms with Gasteiger partial charge in [0.15, 0.2) is 0 Å². The maximum absolute atomic E-state index is 13.5. The van der Waals surface area contributed by atoms with Crippen LogP contribution in [0.15, 0.2) is 29.2 Å². The average Bonchev–Trinajstić information content (AvgIpc) is 3.04. The SMILES string of the molecule is Fc1ccccc1SCCN1CCC(OC2CCCC2)CC1. The minimum Gasteiger partial charge on any atom is -0.375 e. The summed E-state index contributed by atoms with van der Waals surface area (Å²) in [4.78, 5) is 3.25. The highest BCUT2D eigenvalue weighted by molar-refractivity contribution is 7.99. The third-order valence-corrected chi connectivity index (χ3v) is 5.75. The molecule has 1 saturated carbocycles. The number of thioether (sulfide) groups is 1. The first kappa shape index (κ1) is 16.3. The standard InChI is InChI=1S/C18H26FNOS/c19-17-7-3-4-8-18(17)22-14-13-20-11-9-16(10-12-20)21-15-5-1-2-6-15/h3-4,7-8,15-16H,1-2,5-6,9-14H2. The summed E-state index contributed by atoms with van der Waals surface area (Å²) in [6, 6.07) is 7.04. The molecule has 0 amide bonds. The molecule has 1 aromatic rings. The number of likely N-dealkylation sites (tertiary alicyclic amines) is 1. The van der Waals surface area contributed by atoms with Crippen molar-refractivity contribution in [2.24, 2.45) is 0 Å². The van der Waals surface area contributed by atoms with E-state index in [0.717, 1.165) is 43.1 Å². The van der Waals surface area contributed by atoms with Gasteiger partial charge in [0.05, 0.1) is 12.2 Å². The first-order valence-corrected chi connectivity index (χ1v) is 9.55. The van der Waals surface area contributed by atoms with Crippen LogP contribution in [0.3, 0.4) is 0 Å². The van der Waals surface area contributed by atoms with Crippen molar-refractivity contribution in [1.29, 1.82) is 0 Å². The summed E-state index contributed by atoms with van der Waals surface area (Å²) < 4.78 is 19.8. The first-order chi connectivity index (χ1) is 10.8. The number of benzene rings is 1. The maximum atomic E-state index is 13.5. The van der Waals surface area contributed by atoms with Crippen molar-refractivity contribution in [1.82, 2.24) is 4.90 Å². The van der Waals surface area contributed by atoms with Gasteiger partial charge in [0.1, 0.15) is 5.82 Å². The molecule has 1 aliphatic heterocycles. The van der Waals surface area contributed by atoms with Gasteiger partial charge >= 0.3 is 0 Å². The van der Waals surface area contributed by atoms with Crippen molar-refractivity contribution >= 4 is 11.8 Å². The van der Waals surface area contributed by atoms with E-state index in [1.807, 2.05) is 12.1 Å². The summed E-state index contributed by atoms with van der Waals surface area (Å²) >= 11 is 1.62. The molecule has 0 N–H and O–H groups in total. The third kappa shape index (κ3) is 4.71. The Labute approximate surface area is 137 Å². The summed E-state index contributed by atoms with van der Waals surface area (Å²) in [7, 11) is 0. The van der Waals surface area contributed by atoms with E-state index in [1.54, 1.807) is 17.8 Å². The van der Waals surface area contributed by atoms with Crippen LogP contribution in [0.25, 0.3) is 0 Å². The van der Waals surface area contributed by atoms with Crippen LogP contribution in [0.4, 0.5) is 4.39 Å². The summed E-state index contributed by atoms with van der Waals surface area (Å²) in [5, 5.41) is 0. The number of hydrogen-bond donors (Lipinski definition) is 0. The second-order valence-electron chi connectivity index (χ2n) is 6.36. The van der Waals surface area contributed by atoms with Crippen LogP contribution in [-0.2, 0) is 4.74 Å². The lowest BCUT2D eigenvalue weighted by Crippen LogP contribution is -2.39. The first-order valence-electron chi connectivity index (χ1n) is 8.56. The van der Waals surface area contributed by atoms with Crippen LogP contribution in [-0.4, -0.2) is 42.5 Å². The fraction of sp³-hybridized carbons (Fsp3) is 0.667. The Morgan fingerprint density at radius 1 is 1.05 bits per heavy atom. The van der Waals surface area contributed by atoms with Gasteiger partial charge in [-0.05, 0) is 37.8 Å². The van der Waals surface area contributed by atoms with Gasteiger partial charge in [-0.15, -0.1) is 11.8 Å². The van der Waals surface area contributed by atoms with Crippen LogP contribution in [0.5, 0.6) is 0 Å². The number of ether oxygens (including phenoxy) is 1. The molecule has 1 aliphatic carbocycles. The monoisotopic (exact) mass is 323 g/mol. The van der Waals surface area contributed by atoms with Crippen molar-refractivity contribution in [3.05, 3.63) is 30.1 Å². The topological polar surface area (TPSA) is 12.5 Å². The van der Waals surface area contributed by atoms with Crippen molar-refractivity contribution in [2.45, 2.75) is 55.6 Å². The summed E-state index contributed by atoms with van der Waals surface area (Å²) in [5.41, 5.74) is 0. The second-order valence-corrected chi connectivity index (χ2v) is 7.50. The zero-order valence-corrected chi connectivity index (χ0v) is 14.0. The Morgan fingerprint density at radius 2 is 1.73 bits per heavy atom. The van der Waals surface area contributed by atoms with E-state index in [4.69, 9.17) is 4.74 Å². The molecule has 0 atom stereocenters. The van der Waals surface area contributed by atoms with E-state index in [-0.39, 0.29) is 5.82 Å². The molecule has 0 radical (unpaired) electrons. The van der Waals surface area contributed by atoms with E-state index in [2.05, 4.69) is 4.90 Å². The van der Waals surface area contributed by atoms with E-state index in [1.165, 1.54) is 31.7 Å². The fourth-order valence-corrected chi connectivity index (χ4v) is 4.36. The zero-order chi connectivity index (χ0) is 15.2. The highest BCUT2D eigenvalue weighted by atomic mass is 32.2. The van der Waals surface area contributed by atoms with Crippen LogP contribution < -0.4 is 0 Å². The van der Waals surface area contributed by atoms with Gasteiger partial charge in [-0.3, -0.25) is 0 Å². The molecule has 0 bridgehead atoms. The third-order valence-electron chi connectivity index (χ3n) is 4.72. The van der Waals surface area contributed by atoms with Gasteiger partial charge in [0, 0.05) is 30.3 Å². The van der Waals surface area contributed by atoms with E-state index in [0.29, 0.717) is 12.2 Å². The molecule has 1 saturated heterocycles. The molecule has 4 heteroatoms. The van der Waals surface area contributed by atoms with Crippen LogP contribution in [0, 0.1) is 5.82 Å². The van der Waals surface area contributed by atoms with E-state index < -0.39 is 0 Å². The van der Waals surface area contributed by atoms with E-state index in [9.17, 15) is 4.39 Å². The Kier molecular flexibility index (Phi) is 6.16. The maximum Gasteiger partial charge on any atom is 0.136 e. The fourth-order valence-electron chi connectivity index (χ4n) is 3.41. The lowest BCUT2D eigenvalue weighted by atomic mass is 10.1. The second kappa shape index (κ2) is 8.32. The number of halogens is 1. The smallest absolute Gasteiger partial charge is 0.136 e. The summed E-state index contributed by atoms with van der Waals surface area (Å²) in [6.45, 7) is 3.28. The molecule has 0 unspecified atom stereocenters. The van der Waals surface area contributed by atoms with Crippen molar-refractivity contribution in [3.63, 3.8) is 0 Å². The molecule has 22 heavy (non-hydrogen) atoms. The molecular weight excluding hydrogens is 297 g/mol. The molecule has 2 fully saturated rings. The van der Waals surface area contributed by atoms with E-state index >= 15 is 0 Å². The summed E-state index contributed by atoms with van der Waals surface area (Å²) in [6.07, 6.45) is 8.53. The lowest BCUT2D eigenvalue weighted by Gasteiger charge is -2.33. The Hall–Kier alpha value is -0.580. The van der Waals surface area contributed by atoms with Crippen LogP contribution in [0.2, 0.25) is 0 Å². The van der Waals surface area contributed by atoms with Gasteiger partial charge in [-0.1, -0.05) is 25.0 Å². The molecule has 2 aliphatic rings. The Bertz CT molecular complexity index is 456. The van der Waals surface area contributed by atoms with Crippen molar-refractivity contribution < 1.29 is 9.13 Å². The van der Waals surface area contributed by atoms with Gasteiger partial charge in [-0.25, -0.2) is 4.39 Å². The van der Waals surface area contributed by atoms with Gasteiger partial charge in [-0.2, -0.15) is 0 Å². The zero-order valence-electron chi connectivity index (χ0n) is 13.2. The normalized spacial score (nSPS) is 21.5. The number of nitrogens with zero attached hydrogens (tertiary/aromatic N) is 1. The predicted octanol–water partition coefficient (Wildman–Crippen LogP) is 4.34. The van der Waals surface area contributed by atoms with Crippen LogP contribution >= 0.6 is 11.8 Å². The number of piperidine rings is 1. The highest BCUT2D eigenvalue weighted by Crippen LogP contribution is 2.26. The minimum atomic E-state index is -0.101. The predicted molar refractivity (Wildman–Crippen MR) is 89.9 cm³/mol. The Morgan fingerprint density at radius 3 is 2.45 bits per heavy atom. The van der Waals surface area contributed by atoms with Crippen molar-refractivity contribution in [3.8, 4) is 0 Å². The molecule has 0 spiro atoms. The highest BCUT2D eigenvalue weighted by Gasteiger charge is 2.24. The molecule has 1 heterocycles. The quantitative estimate of drug-likeness (QED) is 0.723. The van der Waals surface area contributed by atoms with Crippen molar-refractivity contribution in [2.75, 3.05) is 25.4 Å². The molecule has 2 nitrogen and oxygen atoms in total. The lowest BCUT2D eigenvalue weighted by molar-refractivity contribution is -0.0381. The average molecular weight is 323 g/mol. The van der Waals surface area contributed by atoms with Gasteiger partial charge < -0.3 is 9.64 Å². The molecular formula is C18H26FNOS. The molecule has 3 rings (SSSR count). The number of hydrogen-bond acceptors (Lipinski definition) is 3. The minimum absolute atomic E-state index is 0.101.